The quantitative estimate of drug-likeness (QED) is 0.574. The Balaban J connectivity index is 1.41. The second-order valence-corrected chi connectivity index (χ2v) is 9.35. The summed E-state index contributed by atoms with van der Waals surface area (Å²) in [5.41, 5.74) is 0.534. The Morgan fingerprint density at radius 2 is 1.88 bits per heavy atom. The fourth-order valence-corrected chi connectivity index (χ4v) is 4.82. The number of hydrogen-bond donors (Lipinski definition) is 1. The lowest BCUT2D eigenvalue weighted by Gasteiger charge is -2.49. The van der Waals surface area contributed by atoms with Crippen LogP contribution >= 0.6 is 15.9 Å². The van der Waals surface area contributed by atoms with Crippen molar-refractivity contribution in [2.45, 2.75) is 43.5 Å². The molecule has 0 bridgehead atoms. The highest BCUT2D eigenvalue weighted by molar-refractivity contribution is 9.10. The summed E-state index contributed by atoms with van der Waals surface area (Å²) < 4.78 is 18.3. The first-order valence-corrected chi connectivity index (χ1v) is 11.8. The van der Waals surface area contributed by atoms with E-state index in [1.165, 1.54) is 0 Å². The summed E-state index contributed by atoms with van der Waals surface area (Å²) in [5.74, 6) is -1.01. The SMILES string of the molecule is O=C(O)COC1(c2ccc(Br)nc2)CCC2(CC1)CN(C(=O)OCc1ccccc1)CCO2. The van der Waals surface area contributed by atoms with Gasteiger partial charge in [-0.25, -0.2) is 14.6 Å². The minimum Gasteiger partial charge on any atom is -0.480 e. The van der Waals surface area contributed by atoms with E-state index in [1.54, 1.807) is 11.1 Å². The minimum atomic E-state index is -1.01. The third kappa shape index (κ3) is 5.72. The van der Waals surface area contributed by atoms with Crippen molar-refractivity contribution in [1.29, 1.82) is 0 Å². The van der Waals surface area contributed by atoms with Crippen molar-refractivity contribution in [3.63, 3.8) is 0 Å². The number of aromatic nitrogens is 1. The predicted molar refractivity (Wildman–Crippen MR) is 123 cm³/mol. The van der Waals surface area contributed by atoms with Crippen molar-refractivity contribution in [2.24, 2.45) is 0 Å². The van der Waals surface area contributed by atoms with E-state index in [2.05, 4.69) is 20.9 Å². The van der Waals surface area contributed by atoms with Crippen LogP contribution < -0.4 is 0 Å². The summed E-state index contributed by atoms with van der Waals surface area (Å²) in [6, 6.07) is 13.3. The first-order valence-electron chi connectivity index (χ1n) is 11.0. The molecule has 0 unspecified atom stereocenters. The summed E-state index contributed by atoms with van der Waals surface area (Å²) in [4.78, 5) is 29.9. The molecule has 2 heterocycles. The molecule has 2 fully saturated rings. The first kappa shape index (κ1) is 23.7. The van der Waals surface area contributed by atoms with Crippen LogP contribution in [0.4, 0.5) is 4.79 Å². The monoisotopic (exact) mass is 518 g/mol. The van der Waals surface area contributed by atoms with E-state index in [1.807, 2.05) is 42.5 Å². The maximum Gasteiger partial charge on any atom is 0.410 e. The van der Waals surface area contributed by atoms with Gasteiger partial charge in [0.1, 0.15) is 17.8 Å². The maximum atomic E-state index is 12.7. The number of rotatable bonds is 6. The number of morpholine rings is 1. The highest BCUT2D eigenvalue weighted by Gasteiger charge is 2.48. The number of halogens is 1. The van der Waals surface area contributed by atoms with Crippen LogP contribution in [0, 0.1) is 0 Å². The maximum absolute atomic E-state index is 12.7. The van der Waals surface area contributed by atoms with Crippen molar-refractivity contribution in [1.82, 2.24) is 9.88 Å². The number of carboxylic acid groups (broad SMARTS) is 1. The molecule has 1 N–H and O–H groups in total. The van der Waals surface area contributed by atoms with Crippen LogP contribution in [0.2, 0.25) is 0 Å². The lowest BCUT2D eigenvalue weighted by molar-refractivity contribution is -0.176. The molecule has 2 aliphatic rings. The molecule has 4 rings (SSSR count). The first-order chi connectivity index (χ1) is 15.9. The van der Waals surface area contributed by atoms with Gasteiger partial charge in [-0.2, -0.15) is 0 Å². The second kappa shape index (κ2) is 10.2. The van der Waals surface area contributed by atoms with Crippen LogP contribution in [0.15, 0.2) is 53.3 Å². The number of nitrogens with zero attached hydrogens (tertiary/aromatic N) is 2. The Morgan fingerprint density at radius 1 is 1.12 bits per heavy atom. The predicted octanol–water partition coefficient (Wildman–Crippen LogP) is 4.12. The molecule has 1 aromatic carbocycles. The van der Waals surface area contributed by atoms with Gasteiger partial charge in [0.05, 0.1) is 24.4 Å². The highest BCUT2D eigenvalue weighted by atomic mass is 79.9. The van der Waals surface area contributed by atoms with Gasteiger partial charge >= 0.3 is 12.1 Å². The van der Waals surface area contributed by atoms with Gasteiger partial charge in [0.15, 0.2) is 0 Å². The summed E-state index contributed by atoms with van der Waals surface area (Å²) in [5, 5.41) is 9.19. The Morgan fingerprint density at radius 3 is 2.55 bits per heavy atom. The number of carbonyl (C=O) groups is 2. The van der Waals surface area contributed by atoms with Crippen LogP contribution in [0.1, 0.15) is 36.8 Å². The van der Waals surface area contributed by atoms with E-state index in [-0.39, 0.29) is 19.3 Å². The number of hydrogen-bond acceptors (Lipinski definition) is 6. The summed E-state index contributed by atoms with van der Waals surface area (Å²) in [7, 11) is 0. The summed E-state index contributed by atoms with van der Waals surface area (Å²) in [6.45, 7) is 1.19. The fourth-order valence-electron chi connectivity index (χ4n) is 4.58. The number of carbonyl (C=O) groups excluding carboxylic acids is 1. The molecule has 9 heteroatoms. The van der Waals surface area contributed by atoms with Crippen LogP contribution in [0.5, 0.6) is 0 Å². The molecule has 1 amide bonds. The van der Waals surface area contributed by atoms with Gasteiger partial charge in [0, 0.05) is 18.3 Å². The summed E-state index contributed by atoms with van der Waals surface area (Å²) >= 11 is 3.34. The molecule has 1 spiro atoms. The molecular formula is C24H27BrN2O6. The molecule has 0 atom stereocenters. The van der Waals surface area contributed by atoms with E-state index in [0.29, 0.717) is 50.0 Å². The molecule has 0 radical (unpaired) electrons. The van der Waals surface area contributed by atoms with Gasteiger partial charge in [-0.3, -0.25) is 0 Å². The van der Waals surface area contributed by atoms with Gasteiger partial charge in [-0.1, -0.05) is 36.4 Å². The number of aliphatic carboxylic acids is 1. The standard InChI is InChI=1S/C24H27BrN2O6/c25-20-7-6-19(14-26-20)24(33-16-21(28)29)10-8-23(9-11-24)17-27(12-13-32-23)22(30)31-15-18-4-2-1-3-5-18/h1-7,14H,8-13,15-17H2,(H,28,29). The molecule has 8 nitrogen and oxygen atoms in total. The minimum absolute atomic E-state index is 0.229. The van der Waals surface area contributed by atoms with Gasteiger partial charge in [0.2, 0.25) is 0 Å². The van der Waals surface area contributed by atoms with E-state index in [9.17, 15) is 14.7 Å². The van der Waals surface area contributed by atoms with Crippen molar-refractivity contribution in [3.05, 3.63) is 64.4 Å². The van der Waals surface area contributed by atoms with Gasteiger partial charge < -0.3 is 24.2 Å². The zero-order valence-electron chi connectivity index (χ0n) is 18.2. The highest BCUT2D eigenvalue weighted by Crippen LogP contribution is 2.46. The van der Waals surface area contributed by atoms with Crippen molar-refractivity contribution >= 4 is 28.0 Å². The molecule has 1 aliphatic carbocycles. The van der Waals surface area contributed by atoms with Crippen molar-refractivity contribution in [3.8, 4) is 0 Å². The number of carboxylic acids is 1. The Labute approximate surface area is 201 Å². The molecule has 1 saturated carbocycles. The Bertz CT molecular complexity index is 961. The average molecular weight is 519 g/mol. The van der Waals surface area contributed by atoms with Crippen LogP contribution in [-0.2, 0) is 31.2 Å². The smallest absolute Gasteiger partial charge is 0.410 e. The molecule has 1 saturated heterocycles. The lowest BCUT2D eigenvalue weighted by Crippen LogP contribution is -2.57. The van der Waals surface area contributed by atoms with Crippen molar-refractivity contribution < 1.29 is 28.9 Å². The summed E-state index contributed by atoms with van der Waals surface area (Å²) in [6.07, 6.45) is 3.76. The van der Waals surface area contributed by atoms with E-state index in [4.69, 9.17) is 14.2 Å². The van der Waals surface area contributed by atoms with Gasteiger partial charge in [-0.05, 0) is 53.2 Å². The van der Waals surface area contributed by atoms with Crippen LogP contribution in [-0.4, -0.2) is 59.0 Å². The lowest BCUT2D eigenvalue weighted by atomic mass is 9.72. The van der Waals surface area contributed by atoms with E-state index < -0.39 is 17.2 Å². The molecule has 1 aliphatic heterocycles. The fraction of sp³-hybridized carbons (Fsp3) is 0.458. The number of ether oxygens (including phenoxy) is 3. The zero-order chi connectivity index (χ0) is 23.3. The molecule has 2 aromatic rings. The third-order valence-corrected chi connectivity index (χ3v) is 6.88. The average Bonchev–Trinajstić information content (AvgIpc) is 2.84. The van der Waals surface area contributed by atoms with Gasteiger partial charge in [0.25, 0.3) is 0 Å². The topological polar surface area (TPSA) is 98.2 Å². The number of benzene rings is 1. The molecular weight excluding hydrogens is 492 g/mol. The van der Waals surface area contributed by atoms with E-state index in [0.717, 1.165) is 11.1 Å². The Hall–Kier alpha value is -2.49. The molecule has 1 aromatic heterocycles. The van der Waals surface area contributed by atoms with Crippen molar-refractivity contribution in [2.75, 3.05) is 26.3 Å². The molecule has 33 heavy (non-hydrogen) atoms. The van der Waals surface area contributed by atoms with E-state index >= 15 is 0 Å². The van der Waals surface area contributed by atoms with Crippen LogP contribution in [0.25, 0.3) is 0 Å². The largest absolute Gasteiger partial charge is 0.480 e. The Kier molecular flexibility index (Phi) is 7.31. The third-order valence-electron chi connectivity index (χ3n) is 6.41. The normalized spacial score (nSPS) is 25.1. The second-order valence-electron chi connectivity index (χ2n) is 8.54. The number of pyridine rings is 1. The zero-order valence-corrected chi connectivity index (χ0v) is 19.8. The van der Waals surface area contributed by atoms with Crippen LogP contribution in [0.3, 0.4) is 0 Å². The molecule has 176 valence electrons. The number of amides is 1. The van der Waals surface area contributed by atoms with Gasteiger partial charge in [-0.15, -0.1) is 0 Å².